The zero-order valence-electron chi connectivity index (χ0n) is 13.2. The number of nitrogens with zero attached hydrogens (tertiary/aromatic N) is 1. The summed E-state index contributed by atoms with van der Waals surface area (Å²) < 4.78 is 2.20. The predicted molar refractivity (Wildman–Crippen MR) is 109 cm³/mol. The smallest absolute Gasteiger partial charge is 0.220 e. The van der Waals surface area contributed by atoms with Gasteiger partial charge in [0, 0.05) is 29.4 Å². The van der Waals surface area contributed by atoms with Gasteiger partial charge in [-0.3, -0.25) is 4.79 Å². The van der Waals surface area contributed by atoms with Crippen LogP contribution in [0.1, 0.15) is 37.1 Å². The molecule has 3 rings (SSSR count). The molecule has 4 nitrogen and oxygen atoms in total. The molecule has 0 spiro atoms. The second-order valence-electron chi connectivity index (χ2n) is 5.90. The van der Waals surface area contributed by atoms with Crippen LogP contribution >= 0.6 is 52.1 Å². The number of nitrogens with two attached hydrogens (primary N) is 1. The van der Waals surface area contributed by atoms with Crippen molar-refractivity contribution in [3.63, 3.8) is 0 Å². The van der Waals surface area contributed by atoms with Crippen LogP contribution in [0.5, 0.6) is 0 Å². The number of carbonyl (C=O) groups excluding carboxylic acids is 1. The molecule has 1 aliphatic rings. The Labute approximate surface area is 166 Å². The van der Waals surface area contributed by atoms with Crippen molar-refractivity contribution in [2.45, 2.75) is 50.6 Å². The number of carbonyl (C=O) groups is 1. The first kappa shape index (κ1) is 21.6. The van der Waals surface area contributed by atoms with Gasteiger partial charge < -0.3 is 11.1 Å². The number of benzene rings is 1. The van der Waals surface area contributed by atoms with Crippen LogP contribution < -0.4 is 11.1 Å². The maximum absolute atomic E-state index is 12.1. The highest BCUT2D eigenvalue weighted by Gasteiger charge is 2.20. The van der Waals surface area contributed by atoms with E-state index in [9.17, 15) is 4.79 Å². The lowest BCUT2D eigenvalue weighted by atomic mass is 9.92. The Hall–Kier alpha value is -0.400. The van der Waals surface area contributed by atoms with Gasteiger partial charge in [0.2, 0.25) is 5.91 Å². The van der Waals surface area contributed by atoms with Crippen molar-refractivity contribution in [2.24, 2.45) is 5.73 Å². The van der Waals surface area contributed by atoms with E-state index in [4.69, 9.17) is 5.73 Å². The summed E-state index contributed by atoms with van der Waals surface area (Å²) in [6.45, 7) is 0. The van der Waals surface area contributed by atoms with Crippen LogP contribution in [0.25, 0.3) is 10.2 Å². The molecule has 0 aliphatic heterocycles. The van der Waals surface area contributed by atoms with Crippen molar-refractivity contribution in [3.05, 3.63) is 27.7 Å². The minimum Gasteiger partial charge on any atom is -0.353 e. The molecule has 0 atom stereocenters. The zero-order valence-corrected chi connectivity index (χ0v) is 17.2. The molecule has 1 heterocycles. The van der Waals surface area contributed by atoms with E-state index in [1.807, 2.05) is 12.1 Å². The minimum atomic E-state index is 0. The maximum Gasteiger partial charge on any atom is 0.220 e. The quantitative estimate of drug-likeness (QED) is 0.726. The van der Waals surface area contributed by atoms with E-state index in [2.05, 4.69) is 32.3 Å². The van der Waals surface area contributed by atoms with Crippen LogP contribution in [0.15, 0.2) is 22.7 Å². The molecule has 1 amide bonds. The average molecular weight is 455 g/mol. The van der Waals surface area contributed by atoms with Gasteiger partial charge in [-0.25, -0.2) is 4.98 Å². The van der Waals surface area contributed by atoms with E-state index >= 15 is 0 Å². The maximum atomic E-state index is 12.1. The zero-order chi connectivity index (χ0) is 15.5. The summed E-state index contributed by atoms with van der Waals surface area (Å²) in [5.74, 6) is 0.126. The molecule has 1 fully saturated rings. The normalized spacial score (nSPS) is 20.1. The van der Waals surface area contributed by atoms with Gasteiger partial charge in [-0.2, -0.15) is 0 Å². The molecular weight excluding hydrogens is 433 g/mol. The second kappa shape index (κ2) is 9.92. The van der Waals surface area contributed by atoms with E-state index in [0.29, 0.717) is 24.9 Å². The third-order valence-corrected chi connectivity index (χ3v) is 5.69. The molecule has 1 aliphatic carbocycles. The van der Waals surface area contributed by atoms with Crippen molar-refractivity contribution >= 4 is 68.2 Å². The Kier molecular flexibility index (Phi) is 8.95. The molecule has 0 saturated heterocycles. The summed E-state index contributed by atoms with van der Waals surface area (Å²) >= 11 is 5.12. The van der Waals surface area contributed by atoms with Crippen molar-refractivity contribution in [1.29, 1.82) is 0 Å². The lowest BCUT2D eigenvalue weighted by Gasteiger charge is -2.26. The van der Waals surface area contributed by atoms with Gasteiger partial charge in [0.15, 0.2) is 0 Å². The molecule has 1 aromatic carbocycles. The second-order valence-corrected chi connectivity index (χ2v) is 7.93. The van der Waals surface area contributed by atoms with Gasteiger partial charge >= 0.3 is 0 Å². The molecule has 0 bridgehead atoms. The van der Waals surface area contributed by atoms with Crippen molar-refractivity contribution in [2.75, 3.05) is 0 Å². The largest absolute Gasteiger partial charge is 0.353 e. The van der Waals surface area contributed by atoms with E-state index < -0.39 is 0 Å². The van der Waals surface area contributed by atoms with Crippen molar-refractivity contribution in [1.82, 2.24) is 10.3 Å². The standard InChI is InChI=1S/C16H20BrN3OS.2ClH/c17-10-1-6-14-13(9-10)20-16(22-14)8-7-15(21)19-12-4-2-11(18)3-5-12;;/h1,6,9,11-12H,2-5,7-8,18H2,(H,19,21);2*1H. The van der Waals surface area contributed by atoms with Crippen LogP contribution in [0.2, 0.25) is 0 Å². The van der Waals surface area contributed by atoms with E-state index in [1.165, 1.54) is 4.70 Å². The van der Waals surface area contributed by atoms with Gasteiger partial charge in [0.25, 0.3) is 0 Å². The summed E-state index contributed by atoms with van der Waals surface area (Å²) in [6.07, 6.45) is 5.23. The number of aromatic nitrogens is 1. The number of hydrogen-bond acceptors (Lipinski definition) is 4. The number of hydrogen-bond donors (Lipinski definition) is 2. The number of rotatable bonds is 4. The topological polar surface area (TPSA) is 68.0 Å². The first-order valence-electron chi connectivity index (χ1n) is 7.70. The highest BCUT2D eigenvalue weighted by atomic mass is 79.9. The van der Waals surface area contributed by atoms with Crippen molar-refractivity contribution in [3.8, 4) is 0 Å². The average Bonchev–Trinajstić information content (AvgIpc) is 2.89. The molecule has 1 aromatic heterocycles. The first-order chi connectivity index (χ1) is 10.6. The molecule has 3 N–H and O–H groups in total. The Morgan fingerprint density at radius 3 is 2.71 bits per heavy atom. The van der Waals surface area contributed by atoms with Gasteiger partial charge in [-0.15, -0.1) is 36.2 Å². The Bertz CT molecular complexity index is 674. The lowest BCUT2D eigenvalue weighted by Crippen LogP contribution is -2.40. The van der Waals surface area contributed by atoms with Gasteiger partial charge in [0.1, 0.15) is 0 Å². The number of aryl methyl sites for hydroxylation is 1. The predicted octanol–water partition coefficient (Wildman–Crippen LogP) is 4.22. The van der Waals surface area contributed by atoms with Gasteiger partial charge in [-0.05, 0) is 43.9 Å². The van der Waals surface area contributed by atoms with Gasteiger partial charge in [-0.1, -0.05) is 15.9 Å². The third kappa shape index (κ3) is 5.85. The molecule has 8 heteroatoms. The first-order valence-corrected chi connectivity index (χ1v) is 9.31. The number of halogens is 3. The van der Waals surface area contributed by atoms with Crippen LogP contribution in [0.3, 0.4) is 0 Å². The fourth-order valence-electron chi connectivity index (χ4n) is 2.84. The van der Waals surface area contributed by atoms with E-state index in [-0.39, 0.29) is 30.7 Å². The summed E-state index contributed by atoms with van der Waals surface area (Å²) in [6, 6.07) is 6.71. The van der Waals surface area contributed by atoms with Crippen LogP contribution in [0.4, 0.5) is 0 Å². The molecule has 134 valence electrons. The SMILES string of the molecule is Cl.Cl.NC1CCC(NC(=O)CCc2nc3cc(Br)ccc3s2)CC1. The summed E-state index contributed by atoms with van der Waals surface area (Å²) in [5, 5.41) is 4.15. The van der Waals surface area contributed by atoms with Crippen molar-refractivity contribution < 1.29 is 4.79 Å². The Morgan fingerprint density at radius 2 is 2.00 bits per heavy atom. The van der Waals surface area contributed by atoms with Crippen LogP contribution in [-0.4, -0.2) is 23.0 Å². The Morgan fingerprint density at radius 1 is 1.29 bits per heavy atom. The summed E-state index contributed by atoms with van der Waals surface area (Å²) in [4.78, 5) is 16.7. The van der Waals surface area contributed by atoms with Gasteiger partial charge in [0.05, 0.1) is 15.2 Å². The fraction of sp³-hybridized carbons (Fsp3) is 0.500. The van der Waals surface area contributed by atoms with E-state index in [0.717, 1.165) is 40.7 Å². The highest BCUT2D eigenvalue weighted by molar-refractivity contribution is 9.10. The number of thiazole rings is 1. The highest BCUT2D eigenvalue weighted by Crippen LogP contribution is 2.26. The van der Waals surface area contributed by atoms with E-state index in [1.54, 1.807) is 11.3 Å². The Balaban J connectivity index is 0.00000144. The third-order valence-electron chi connectivity index (χ3n) is 4.10. The molecule has 2 aromatic rings. The molecular formula is C16H22BrCl2N3OS. The molecule has 0 radical (unpaired) electrons. The fourth-order valence-corrected chi connectivity index (χ4v) is 4.14. The summed E-state index contributed by atoms with van der Waals surface area (Å²) in [5.41, 5.74) is 6.88. The molecule has 1 saturated carbocycles. The lowest BCUT2D eigenvalue weighted by molar-refractivity contribution is -0.122. The van der Waals surface area contributed by atoms with Crippen LogP contribution in [0, 0.1) is 0 Å². The summed E-state index contributed by atoms with van der Waals surface area (Å²) in [7, 11) is 0. The monoisotopic (exact) mass is 453 g/mol. The number of fused-ring (bicyclic) bond motifs is 1. The minimum absolute atomic E-state index is 0. The molecule has 24 heavy (non-hydrogen) atoms. The number of nitrogens with one attached hydrogen (secondary N) is 1. The number of amides is 1. The van der Waals surface area contributed by atoms with Crippen LogP contribution in [-0.2, 0) is 11.2 Å². The molecule has 0 unspecified atom stereocenters.